The van der Waals surface area contributed by atoms with E-state index in [9.17, 15) is 4.79 Å². The largest absolute Gasteiger partial charge is 0.298 e. The van der Waals surface area contributed by atoms with E-state index in [0.717, 1.165) is 34.9 Å². The van der Waals surface area contributed by atoms with Gasteiger partial charge in [0, 0.05) is 16.2 Å². The van der Waals surface area contributed by atoms with Crippen molar-refractivity contribution in [2.75, 3.05) is 0 Å². The van der Waals surface area contributed by atoms with Crippen LogP contribution in [0.2, 0.25) is 0 Å². The van der Waals surface area contributed by atoms with Gasteiger partial charge in [0.2, 0.25) is 0 Å². The van der Waals surface area contributed by atoms with Crippen molar-refractivity contribution < 1.29 is 4.79 Å². The Morgan fingerprint density at radius 1 is 1.32 bits per heavy atom. The summed E-state index contributed by atoms with van der Waals surface area (Å²) in [6.07, 6.45) is 4.73. The van der Waals surface area contributed by atoms with E-state index in [2.05, 4.69) is 34.9 Å². The maximum atomic E-state index is 11.3. The van der Waals surface area contributed by atoms with Crippen molar-refractivity contribution in [1.82, 2.24) is 9.78 Å². The fourth-order valence-corrected chi connectivity index (χ4v) is 2.68. The Labute approximate surface area is 121 Å². The first-order valence-corrected chi connectivity index (χ1v) is 7.29. The molecular formula is C15H17BrN2O. The van der Waals surface area contributed by atoms with Crippen LogP contribution >= 0.6 is 15.9 Å². The number of aldehydes is 1. The lowest BCUT2D eigenvalue weighted by Gasteiger charge is -2.12. The molecule has 19 heavy (non-hydrogen) atoms. The van der Waals surface area contributed by atoms with Gasteiger partial charge in [0.1, 0.15) is 5.69 Å². The summed E-state index contributed by atoms with van der Waals surface area (Å²) in [6, 6.07) is 8.17. The number of nitrogens with zero attached hydrogens (tertiary/aromatic N) is 2. The minimum Gasteiger partial charge on any atom is -0.298 e. The van der Waals surface area contributed by atoms with Crippen molar-refractivity contribution >= 4 is 22.2 Å². The van der Waals surface area contributed by atoms with Crippen LogP contribution in [0.1, 0.15) is 43.1 Å². The fourth-order valence-electron chi connectivity index (χ4n) is 2.20. The van der Waals surface area contributed by atoms with Gasteiger partial charge in [-0.1, -0.05) is 48.0 Å². The molecule has 100 valence electrons. The molecule has 4 heteroatoms. The summed E-state index contributed by atoms with van der Waals surface area (Å²) in [5.41, 5.74) is 2.34. The zero-order valence-electron chi connectivity index (χ0n) is 11.1. The zero-order valence-corrected chi connectivity index (χ0v) is 12.7. The average molecular weight is 321 g/mol. The van der Waals surface area contributed by atoms with Crippen molar-refractivity contribution in [3.63, 3.8) is 0 Å². The van der Waals surface area contributed by atoms with Crippen LogP contribution < -0.4 is 0 Å². The predicted molar refractivity (Wildman–Crippen MR) is 80.4 cm³/mol. The van der Waals surface area contributed by atoms with Crippen LogP contribution in [0.25, 0.3) is 11.3 Å². The summed E-state index contributed by atoms with van der Waals surface area (Å²) in [5.74, 6) is 0. The number of rotatable bonds is 5. The van der Waals surface area contributed by atoms with Gasteiger partial charge in [-0.25, -0.2) is 0 Å². The zero-order chi connectivity index (χ0) is 13.8. The summed E-state index contributed by atoms with van der Waals surface area (Å²) < 4.78 is 2.87. The highest BCUT2D eigenvalue weighted by atomic mass is 79.9. The summed E-state index contributed by atoms with van der Waals surface area (Å²) in [4.78, 5) is 11.3. The highest BCUT2D eigenvalue weighted by molar-refractivity contribution is 9.10. The van der Waals surface area contributed by atoms with E-state index in [0.29, 0.717) is 11.6 Å². The highest BCUT2D eigenvalue weighted by Crippen LogP contribution is 2.30. The lowest BCUT2D eigenvalue weighted by atomic mass is 10.1. The van der Waals surface area contributed by atoms with Crippen molar-refractivity contribution in [1.29, 1.82) is 0 Å². The second-order valence-electron chi connectivity index (χ2n) is 4.48. The SMILES string of the molecule is CCC(CC)n1cc(C=O)c(-c2ccccc2Br)n1. The maximum Gasteiger partial charge on any atom is 0.153 e. The molecule has 0 atom stereocenters. The molecule has 0 aliphatic rings. The second-order valence-corrected chi connectivity index (χ2v) is 5.34. The van der Waals surface area contributed by atoms with Gasteiger partial charge in [-0.15, -0.1) is 0 Å². The van der Waals surface area contributed by atoms with Gasteiger partial charge in [0.25, 0.3) is 0 Å². The van der Waals surface area contributed by atoms with E-state index in [1.54, 1.807) is 0 Å². The maximum absolute atomic E-state index is 11.3. The van der Waals surface area contributed by atoms with Crippen LogP contribution in [0.3, 0.4) is 0 Å². The third kappa shape index (κ3) is 2.78. The Kier molecular flexibility index (Phi) is 4.53. The molecule has 0 spiro atoms. The van der Waals surface area contributed by atoms with Gasteiger partial charge in [-0.3, -0.25) is 9.48 Å². The molecule has 0 radical (unpaired) electrons. The molecular weight excluding hydrogens is 304 g/mol. The smallest absolute Gasteiger partial charge is 0.153 e. The molecule has 2 rings (SSSR count). The lowest BCUT2D eigenvalue weighted by molar-refractivity contribution is 0.112. The average Bonchev–Trinajstić information content (AvgIpc) is 2.84. The van der Waals surface area contributed by atoms with E-state index in [4.69, 9.17) is 0 Å². The van der Waals surface area contributed by atoms with Crippen LogP contribution in [0.4, 0.5) is 0 Å². The molecule has 0 saturated carbocycles. The molecule has 0 unspecified atom stereocenters. The molecule has 1 aromatic carbocycles. The molecule has 2 aromatic rings. The fraction of sp³-hybridized carbons (Fsp3) is 0.333. The Morgan fingerprint density at radius 3 is 2.58 bits per heavy atom. The molecule has 3 nitrogen and oxygen atoms in total. The van der Waals surface area contributed by atoms with Crippen LogP contribution in [0, 0.1) is 0 Å². The first-order valence-electron chi connectivity index (χ1n) is 6.50. The number of hydrogen-bond donors (Lipinski definition) is 0. The summed E-state index contributed by atoms with van der Waals surface area (Å²) in [6.45, 7) is 4.27. The van der Waals surface area contributed by atoms with Crippen LogP contribution in [0.15, 0.2) is 34.9 Å². The molecule has 0 amide bonds. The Hall–Kier alpha value is -1.42. The molecule has 0 aliphatic carbocycles. The molecule has 1 heterocycles. The molecule has 0 aliphatic heterocycles. The number of halogens is 1. The standard InChI is InChI=1S/C15H17BrN2O/c1-3-12(4-2)18-9-11(10-19)15(17-18)13-7-5-6-8-14(13)16/h5-10,12H,3-4H2,1-2H3. The van der Waals surface area contributed by atoms with Crippen molar-refractivity contribution in [2.45, 2.75) is 32.7 Å². The van der Waals surface area contributed by atoms with Crippen LogP contribution in [-0.2, 0) is 0 Å². The minimum atomic E-state index is 0.343. The number of carbonyl (C=O) groups is 1. The molecule has 1 aromatic heterocycles. The van der Waals surface area contributed by atoms with Crippen molar-refractivity contribution in [3.05, 3.63) is 40.5 Å². The van der Waals surface area contributed by atoms with Gasteiger partial charge >= 0.3 is 0 Å². The molecule has 0 bridgehead atoms. The number of hydrogen-bond acceptors (Lipinski definition) is 2. The Morgan fingerprint density at radius 2 is 2.00 bits per heavy atom. The second kappa shape index (κ2) is 6.15. The molecule has 0 N–H and O–H groups in total. The van der Waals surface area contributed by atoms with E-state index >= 15 is 0 Å². The predicted octanol–water partition coefficient (Wildman–Crippen LogP) is 4.49. The summed E-state index contributed by atoms with van der Waals surface area (Å²) >= 11 is 3.51. The van der Waals surface area contributed by atoms with Crippen molar-refractivity contribution in [2.24, 2.45) is 0 Å². The van der Waals surface area contributed by atoms with Gasteiger partial charge in [-0.05, 0) is 18.9 Å². The normalized spacial score (nSPS) is 10.9. The topological polar surface area (TPSA) is 34.9 Å². The van der Waals surface area contributed by atoms with Crippen LogP contribution in [-0.4, -0.2) is 16.1 Å². The van der Waals surface area contributed by atoms with E-state index < -0.39 is 0 Å². The number of carbonyl (C=O) groups excluding carboxylic acids is 1. The van der Waals surface area contributed by atoms with Gasteiger partial charge in [0.05, 0.1) is 11.6 Å². The van der Waals surface area contributed by atoms with Gasteiger partial charge < -0.3 is 0 Å². The van der Waals surface area contributed by atoms with Gasteiger partial charge in [-0.2, -0.15) is 5.10 Å². The van der Waals surface area contributed by atoms with Crippen molar-refractivity contribution in [3.8, 4) is 11.3 Å². The highest BCUT2D eigenvalue weighted by Gasteiger charge is 2.16. The lowest BCUT2D eigenvalue weighted by Crippen LogP contribution is -2.07. The van der Waals surface area contributed by atoms with Crippen LogP contribution in [0.5, 0.6) is 0 Å². The Balaban J connectivity index is 2.52. The van der Waals surface area contributed by atoms with E-state index in [1.165, 1.54) is 0 Å². The monoisotopic (exact) mass is 320 g/mol. The number of benzene rings is 1. The minimum absolute atomic E-state index is 0.343. The third-order valence-electron chi connectivity index (χ3n) is 3.33. The first kappa shape index (κ1) is 14.0. The summed E-state index contributed by atoms with van der Waals surface area (Å²) in [7, 11) is 0. The third-order valence-corrected chi connectivity index (χ3v) is 4.02. The Bertz CT molecular complexity index is 573. The van der Waals surface area contributed by atoms with Gasteiger partial charge in [0.15, 0.2) is 6.29 Å². The molecule has 0 saturated heterocycles. The van der Waals surface area contributed by atoms with E-state index in [-0.39, 0.29) is 0 Å². The quantitative estimate of drug-likeness (QED) is 0.761. The first-order chi connectivity index (χ1) is 9.21. The van der Waals surface area contributed by atoms with E-state index in [1.807, 2.05) is 35.1 Å². The summed E-state index contributed by atoms with van der Waals surface area (Å²) in [5, 5.41) is 4.61. The number of aromatic nitrogens is 2. The molecule has 0 fully saturated rings.